The first kappa shape index (κ1) is 22.3. The molecule has 2 aromatic heterocycles. The second kappa shape index (κ2) is 10.1. The lowest BCUT2D eigenvalue weighted by Crippen LogP contribution is -2.18. The molecule has 0 fully saturated rings. The van der Waals surface area contributed by atoms with Crippen molar-refractivity contribution in [1.82, 2.24) is 20.3 Å². The van der Waals surface area contributed by atoms with Gasteiger partial charge in [0.05, 0.1) is 0 Å². The van der Waals surface area contributed by atoms with Gasteiger partial charge in [0, 0.05) is 42.7 Å². The zero-order valence-corrected chi connectivity index (χ0v) is 16.9. The minimum Gasteiger partial charge on any atom is -0.457 e. The first-order valence-corrected chi connectivity index (χ1v) is 9.76. The molecule has 0 aliphatic rings. The highest BCUT2D eigenvalue weighted by Crippen LogP contribution is 2.31. The van der Waals surface area contributed by atoms with Gasteiger partial charge in [-0.25, -0.2) is 4.98 Å². The number of anilines is 3. The number of alkyl halides is 3. The number of halogens is 3. The molecule has 0 aliphatic carbocycles. The lowest BCUT2D eigenvalue weighted by atomic mass is 10.2. The van der Waals surface area contributed by atoms with Crippen LogP contribution in [0.2, 0.25) is 0 Å². The van der Waals surface area contributed by atoms with Gasteiger partial charge in [-0.15, -0.1) is 0 Å². The second-order valence-electron chi connectivity index (χ2n) is 6.73. The molecule has 7 nitrogen and oxygen atoms in total. The predicted octanol–water partition coefficient (Wildman–Crippen LogP) is 4.55. The molecule has 0 amide bonds. The van der Waals surface area contributed by atoms with Crippen LogP contribution in [0.5, 0.6) is 11.5 Å². The fourth-order valence-electron chi connectivity index (χ4n) is 2.75. The lowest BCUT2D eigenvalue weighted by Gasteiger charge is -2.11. The van der Waals surface area contributed by atoms with E-state index in [0.29, 0.717) is 17.3 Å². The van der Waals surface area contributed by atoms with Gasteiger partial charge in [0.15, 0.2) is 0 Å². The van der Waals surface area contributed by atoms with Gasteiger partial charge in [0.25, 0.3) is 0 Å². The van der Waals surface area contributed by atoms with Crippen LogP contribution in [-0.4, -0.2) is 28.0 Å². The number of pyridine rings is 1. The number of ether oxygens (including phenoxy) is 1. The van der Waals surface area contributed by atoms with Crippen molar-refractivity contribution in [2.24, 2.45) is 0 Å². The summed E-state index contributed by atoms with van der Waals surface area (Å²) in [5.74, 6) is 1.16. The van der Waals surface area contributed by atoms with E-state index in [1.54, 1.807) is 24.3 Å². The third-order valence-electron chi connectivity index (χ3n) is 4.17. The number of hydrogen-bond acceptors (Lipinski definition) is 7. The largest absolute Gasteiger partial charge is 0.457 e. The van der Waals surface area contributed by atoms with E-state index in [4.69, 9.17) is 10.5 Å². The van der Waals surface area contributed by atoms with E-state index in [1.165, 1.54) is 6.07 Å². The normalized spacial score (nSPS) is 11.4. The van der Waals surface area contributed by atoms with Crippen molar-refractivity contribution in [3.8, 4) is 11.5 Å². The first-order valence-electron chi connectivity index (χ1n) is 9.76. The minimum atomic E-state index is -4.53. The summed E-state index contributed by atoms with van der Waals surface area (Å²) in [4.78, 5) is 11.7. The molecular weight excluding hydrogens is 409 g/mol. The van der Waals surface area contributed by atoms with Crippen LogP contribution < -0.4 is 21.1 Å². The monoisotopic (exact) mass is 432 g/mol. The molecule has 0 unspecified atom stereocenters. The van der Waals surface area contributed by atoms with E-state index in [2.05, 4.69) is 32.5 Å². The molecule has 3 aromatic rings. The maximum Gasteiger partial charge on any atom is 0.433 e. The van der Waals surface area contributed by atoms with Crippen LogP contribution in [-0.2, 0) is 12.6 Å². The van der Waals surface area contributed by atoms with Gasteiger partial charge in [0.1, 0.15) is 23.0 Å². The smallest absolute Gasteiger partial charge is 0.433 e. The average molecular weight is 432 g/mol. The quantitative estimate of drug-likeness (QED) is 0.427. The summed E-state index contributed by atoms with van der Waals surface area (Å²) in [7, 11) is 0. The van der Waals surface area contributed by atoms with Crippen molar-refractivity contribution in [2.75, 3.05) is 24.1 Å². The summed E-state index contributed by atoms with van der Waals surface area (Å²) in [6.45, 7) is 3.84. The molecule has 4 N–H and O–H groups in total. The maximum atomic E-state index is 12.8. The summed E-state index contributed by atoms with van der Waals surface area (Å²) >= 11 is 0. The third kappa shape index (κ3) is 6.82. The number of rotatable bonds is 9. The van der Waals surface area contributed by atoms with Crippen LogP contribution in [0.1, 0.15) is 24.7 Å². The van der Waals surface area contributed by atoms with E-state index in [9.17, 15) is 13.2 Å². The Hall–Kier alpha value is -3.40. The van der Waals surface area contributed by atoms with E-state index in [0.717, 1.165) is 43.9 Å². The Balaban J connectivity index is 1.64. The summed E-state index contributed by atoms with van der Waals surface area (Å²) in [5, 5.41) is 6.45. The van der Waals surface area contributed by atoms with Crippen molar-refractivity contribution in [3.63, 3.8) is 0 Å². The standard InChI is InChI=1S/C21H23F3N6O/c1-2-9-26-10-7-15-12-19(30-20(25)29-15)28-14-3-5-16(6-4-14)31-17-8-11-27-18(13-17)21(22,23)24/h3-6,8,11-13,26H,2,7,9-10H2,1H3,(H3,25,28,29,30). The van der Waals surface area contributed by atoms with Crippen molar-refractivity contribution in [2.45, 2.75) is 25.9 Å². The molecule has 3 rings (SSSR count). The van der Waals surface area contributed by atoms with Crippen LogP contribution in [0.15, 0.2) is 48.7 Å². The van der Waals surface area contributed by atoms with Gasteiger partial charge in [-0.3, -0.25) is 4.98 Å². The Morgan fingerprint density at radius 3 is 2.48 bits per heavy atom. The first-order chi connectivity index (χ1) is 14.8. The Morgan fingerprint density at radius 2 is 1.77 bits per heavy atom. The summed E-state index contributed by atoms with van der Waals surface area (Å²) in [6.07, 6.45) is -1.69. The highest BCUT2D eigenvalue weighted by atomic mass is 19.4. The number of aromatic nitrogens is 3. The number of hydrogen-bond donors (Lipinski definition) is 3. The molecule has 0 atom stereocenters. The highest BCUT2D eigenvalue weighted by Gasteiger charge is 2.32. The summed E-state index contributed by atoms with van der Waals surface area (Å²) < 4.78 is 43.8. The van der Waals surface area contributed by atoms with Gasteiger partial charge in [0.2, 0.25) is 5.95 Å². The number of nitrogens with two attached hydrogens (primary N) is 1. The predicted molar refractivity (Wildman–Crippen MR) is 112 cm³/mol. The Morgan fingerprint density at radius 1 is 1.00 bits per heavy atom. The second-order valence-corrected chi connectivity index (χ2v) is 6.73. The minimum absolute atomic E-state index is 0.0490. The van der Waals surface area contributed by atoms with Gasteiger partial charge in [-0.05, 0) is 43.3 Å². The lowest BCUT2D eigenvalue weighted by molar-refractivity contribution is -0.141. The van der Waals surface area contributed by atoms with Gasteiger partial charge < -0.3 is 21.1 Å². The van der Waals surface area contributed by atoms with Crippen molar-refractivity contribution in [1.29, 1.82) is 0 Å². The Kier molecular flexibility index (Phi) is 7.24. The molecule has 0 bridgehead atoms. The van der Waals surface area contributed by atoms with E-state index >= 15 is 0 Å². The number of nitrogen functional groups attached to an aromatic ring is 1. The van der Waals surface area contributed by atoms with Crippen LogP contribution in [0.4, 0.5) is 30.6 Å². The molecule has 10 heteroatoms. The van der Waals surface area contributed by atoms with Crippen molar-refractivity contribution >= 4 is 17.5 Å². The Bertz CT molecular complexity index is 995. The molecule has 0 aliphatic heterocycles. The van der Waals surface area contributed by atoms with Crippen molar-refractivity contribution in [3.05, 3.63) is 60.0 Å². The third-order valence-corrected chi connectivity index (χ3v) is 4.17. The molecule has 1 aromatic carbocycles. The van der Waals surface area contributed by atoms with Crippen LogP contribution in [0.25, 0.3) is 0 Å². The topological polar surface area (TPSA) is 98.0 Å². The highest BCUT2D eigenvalue weighted by molar-refractivity contribution is 5.58. The number of nitrogens with one attached hydrogen (secondary N) is 2. The zero-order chi connectivity index (χ0) is 22.3. The molecular formula is C21H23F3N6O. The molecule has 164 valence electrons. The fraction of sp³-hybridized carbons (Fsp3) is 0.286. The molecule has 0 saturated heterocycles. The van der Waals surface area contributed by atoms with Crippen LogP contribution in [0.3, 0.4) is 0 Å². The molecule has 2 heterocycles. The average Bonchev–Trinajstić information content (AvgIpc) is 2.72. The van der Waals surface area contributed by atoms with E-state index in [-0.39, 0.29) is 11.7 Å². The summed E-state index contributed by atoms with van der Waals surface area (Å²) in [5.41, 5.74) is 6.33. The molecule has 0 saturated carbocycles. The number of benzene rings is 1. The van der Waals surface area contributed by atoms with Gasteiger partial charge >= 0.3 is 6.18 Å². The van der Waals surface area contributed by atoms with Gasteiger partial charge in [-0.1, -0.05) is 6.92 Å². The van der Waals surface area contributed by atoms with Crippen molar-refractivity contribution < 1.29 is 17.9 Å². The van der Waals surface area contributed by atoms with Crippen LogP contribution >= 0.6 is 0 Å². The fourth-order valence-corrected chi connectivity index (χ4v) is 2.75. The van der Waals surface area contributed by atoms with Crippen LogP contribution in [0, 0.1) is 0 Å². The maximum absolute atomic E-state index is 12.8. The van der Waals surface area contributed by atoms with E-state index in [1.807, 2.05) is 6.07 Å². The number of nitrogens with zero attached hydrogens (tertiary/aromatic N) is 3. The zero-order valence-electron chi connectivity index (χ0n) is 16.9. The summed E-state index contributed by atoms with van der Waals surface area (Å²) in [6, 6.07) is 10.8. The molecule has 0 spiro atoms. The van der Waals surface area contributed by atoms with Gasteiger partial charge in [-0.2, -0.15) is 18.2 Å². The molecule has 31 heavy (non-hydrogen) atoms. The van der Waals surface area contributed by atoms with E-state index < -0.39 is 11.9 Å². The Labute approximate surface area is 177 Å². The molecule has 0 radical (unpaired) electrons. The SMILES string of the molecule is CCCNCCc1cc(Nc2ccc(Oc3ccnc(C(F)(F)F)c3)cc2)nc(N)n1.